The van der Waals surface area contributed by atoms with Gasteiger partial charge in [-0.25, -0.2) is 17.5 Å². The average molecular weight is 492 g/mol. The molecule has 1 aliphatic rings. The van der Waals surface area contributed by atoms with Gasteiger partial charge in [-0.3, -0.25) is 9.59 Å². The molecule has 1 atom stereocenters. The van der Waals surface area contributed by atoms with E-state index >= 15 is 0 Å². The first-order valence-electron chi connectivity index (χ1n) is 11.3. The van der Waals surface area contributed by atoms with Gasteiger partial charge in [-0.1, -0.05) is 30.3 Å². The topological polar surface area (TPSA) is 125 Å². The molecule has 0 unspecified atom stereocenters. The highest BCUT2D eigenvalue weighted by Gasteiger charge is 2.27. The molecule has 0 aliphatic heterocycles. The second-order valence-electron chi connectivity index (χ2n) is 8.47. The molecular formula is C24H30FN3O5S. The summed E-state index contributed by atoms with van der Waals surface area (Å²) in [4.78, 5) is 24.4. The van der Waals surface area contributed by atoms with Crippen LogP contribution in [0.2, 0.25) is 0 Å². The van der Waals surface area contributed by atoms with Crippen LogP contribution < -0.4 is 15.4 Å². The van der Waals surface area contributed by atoms with Gasteiger partial charge in [-0.05, 0) is 61.4 Å². The first-order valence-corrected chi connectivity index (χ1v) is 12.8. The molecule has 184 valence electrons. The normalized spacial score (nSPS) is 19.2. The maximum Gasteiger partial charge on any atom is 0.240 e. The minimum Gasteiger partial charge on any atom is -0.387 e. The summed E-state index contributed by atoms with van der Waals surface area (Å²) >= 11 is 0. The molecule has 2 aromatic carbocycles. The largest absolute Gasteiger partial charge is 0.387 e. The lowest BCUT2D eigenvalue weighted by molar-refractivity contribution is -0.129. The van der Waals surface area contributed by atoms with Gasteiger partial charge in [0, 0.05) is 19.0 Å². The zero-order chi connectivity index (χ0) is 24.6. The van der Waals surface area contributed by atoms with Crippen molar-refractivity contribution < 1.29 is 27.5 Å². The van der Waals surface area contributed by atoms with Crippen molar-refractivity contribution in [3.63, 3.8) is 0 Å². The lowest BCUT2D eigenvalue weighted by atomic mass is 9.81. The van der Waals surface area contributed by atoms with Gasteiger partial charge in [-0.15, -0.1) is 0 Å². The molecule has 10 heteroatoms. The number of aliphatic hydroxyl groups excluding tert-OH is 1. The molecule has 3 rings (SSSR count). The molecule has 1 aliphatic carbocycles. The van der Waals surface area contributed by atoms with Crippen molar-refractivity contribution in [1.82, 2.24) is 15.4 Å². The number of carbonyl (C=O) groups excluding carboxylic acids is 2. The summed E-state index contributed by atoms with van der Waals surface area (Å²) in [6, 6.07) is 13.6. The molecule has 0 heterocycles. The number of halogens is 1. The number of aliphatic hydroxyl groups is 1. The van der Waals surface area contributed by atoms with Crippen LogP contribution in [-0.4, -0.2) is 45.0 Å². The van der Waals surface area contributed by atoms with Crippen LogP contribution in [0.5, 0.6) is 0 Å². The number of nitrogens with one attached hydrogen (secondary N) is 3. The van der Waals surface area contributed by atoms with E-state index in [1.807, 2.05) is 6.07 Å². The second kappa shape index (κ2) is 12.0. The lowest BCUT2D eigenvalue weighted by Crippen LogP contribution is -2.42. The minimum atomic E-state index is -3.71. The van der Waals surface area contributed by atoms with Gasteiger partial charge in [0.1, 0.15) is 5.82 Å². The number of carbonyl (C=O) groups is 2. The fourth-order valence-corrected chi connectivity index (χ4v) is 5.05. The molecule has 1 fully saturated rings. The van der Waals surface area contributed by atoms with Crippen molar-refractivity contribution in [2.24, 2.45) is 11.8 Å². The SMILES string of the molecule is O=C(CNC(=O)C1CCC(CNS(=O)(=O)c2ccc(F)cc2)CC1)NC[C@@H](O)c1ccccc1. The fraction of sp³-hybridized carbons (Fsp3) is 0.417. The number of hydrogen-bond donors (Lipinski definition) is 4. The van der Waals surface area contributed by atoms with Crippen molar-refractivity contribution in [3.8, 4) is 0 Å². The predicted molar refractivity (Wildman–Crippen MR) is 124 cm³/mol. The summed E-state index contributed by atoms with van der Waals surface area (Å²) in [6.45, 7) is 0.135. The third kappa shape index (κ3) is 7.61. The Bertz CT molecular complexity index is 1060. The first kappa shape index (κ1) is 25.8. The lowest BCUT2D eigenvalue weighted by Gasteiger charge is -2.27. The highest BCUT2D eigenvalue weighted by Crippen LogP contribution is 2.28. The molecule has 0 bridgehead atoms. The standard InChI is InChI=1S/C24H30FN3O5S/c25-20-10-12-21(13-11-20)34(32,33)28-14-17-6-8-19(9-7-17)24(31)27-16-23(30)26-15-22(29)18-4-2-1-3-5-18/h1-5,10-13,17,19,22,28-29H,6-9,14-16H2,(H,26,30)(H,27,31)/t17?,19?,22-/m1/s1. The van der Waals surface area contributed by atoms with Crippen LogP contribution in [0.3, 0.4) is 0 Å². The summed E-state index contributed by atoms with van der Waals surface area (Å²) in [5.74, 6) is -1.22. The molecular weight excluding hydrogens is 461 g/mol. The number of rotatable bonds is 10. The maximum absolute atomic E-state index is 13.0. The van der Waals surface area contributed by atoms with E-state index in [-0.39, 0.29) is 48.2 Å². The summed E-state index contributed by atoms with van der Waals surface area (Å²) in [7, 11) is -3.71. The summed E-state index contributed by atoms with van der Waals surface area (Å²) in [6.07, 6.45) is 1.74. The van der Waals surface area contributed by atoms with Gasteiger partial charge in [0.15, 0.2) is 0 Å². The number of hydrogen-bond acceptors (Lipinski definition) is 5. The van der Waals surface area contributed by atoms with Crippen molar-refractivity contribution in [1.29, 1.82) is 0 Å². The summed E-state index contributed by atoms with van der Waals surface area (Å²) in [5.41, 5.74) is 0.698. The van der Waals surface area contributed by atoms with E-state index in [1.54, 1.807) is 24.3 Å². The van der Waals surface area contributed by atoms with Crippen molar-refractivity contribution in [2.75, 3.05) is 19.6 Å². The molecule has 0 saturated heterocycles. The Labute approximate surface area is 199 Å². The highest BCUT2D eigenvalue weighted by molar-refractivity contribution is 7.89. The molecule has 0 radical (unpaired) electrons. The molecule has 0 spiro atoms. The van der Waals surface area contributed by atoms with E-state index in [2.05, 4.69) is 15.4 Å². The molecule has 8 nitrogen and oxygen atoms in total. The number of sulfonamides is 1. The smallest absolute Gasteiger partial charge is 0.240 e. The van der Waals surface area contributed by atoms with E-state index in [1.165, 1.54) is 12.1 Å². The average Bonchev–Trinajstić information content (AvgIpc) is 2.85. The van der Waals surface area contributed by atoms with Crippen molar-refractivity contribution >= 4 is 21.8 Å². The Morgan fingerprint density at radius 1 is 0.971 bits per heavy atom. The quantitative estimate of drug-likeness (QED) is 0.404. The van der Waals surface area contributed by atoms with Crippen molar-refractivity contribution in [3.05, 3.63) is 66.0 Å². The number of amides is 2. The Kier molecular flexibility index (Phi) is 9.14. The van der Waals surface area contributed by atoms with Gasteiger partial charge < -0.3 is 15.7 Å². The molecule has 34 heavy (non-hydrogen) atoms. The third-order valence-electron chi connectivity index (χ3n) is 6.00. The second-order valence-corrected chi connectivity index (χ2v) is 10.2. The van der Waals surface area contributed by atoms with Gasteiger partial charge in [0.2, 0.25) is 21.8 Å². The minimum absolute atomic E-state index is 0.0107. The molecule has 2 amide bonds. The third-order valence-corrected chi connectivity index (χ3v) is 7.44. The highest BCUT2D eigenvalue weighted by atomic mass is 32.2. The zero-order valence-corrected chi connectivity index (χ0v) is 19.6. The molecule has 1 saturated carbocycles. The maximum atomic E-state index is 13.0. The predicted octanol–water partition coefficient (Wildman–Crippen LogP) is 1.88. The van der Waals surface area contributed by atoms with Gasteiger partial charge in [-0.2, -0.15) is 0 Å². The van der Waals surface area contributed by atoms with E-state index in [0.29, 0.717) is 31.2 Å². The van der Waals surface area contributed by atoms with Crippen LogP contribution in [0.4, 0.5) is 4.39 Å². The van der Waals surface area contributed by atoms with Crippen molar-refractivity contribution in [2.45, 2.75) is 36.7 Å². The van der Waals surface area contributed by atoms with E-state index in [0.717, 1.165) is 12.1 Å². The molecule has 2 aromatic rings. The van der Waals surface area contributed by atoms with E-state index in [4.69, 9.17) is 0 Å². The van der Waals surface area contributed by atoms with Crippen LogP contribution in [0.25, 0.3) is 0 Å². The Balaban J connectivity index is 1.34. The van der Waals surface area contributed by atoms with E-state index < -0.39 is 21.9 Å². The monoisotopic (exact) mass is 491 g/mol. The molecule has 0 aromatic heterocycles. The Morgan fingerprint density at radius 3 is 2.26 bits per heavy atom. The zero-order valence-electron chi connectivity index (χ0n) is 18.7. The Morgan fingerprint density at radius 2 is 1.62 bits per heavy atom. The number of benzene rings is 2. The van der Waals surface area contributed by atoms with Crippen LogP contribution in [0.15, 0.2) is 59.5 Å². The van der Waals surface area contributed by atoms with Crippen LogP contribution >= 0.6 is 0 Å². The Hall–Kier alpha value is -2.82. The van der Waals surface area contributed by atoms with Gasteiger partial charge in [0.05, 0.1) is 17.5 Å². The van der Waals surface area contributed by atoms with Crippen LogP contribution in [0.1, 0.15) is 37.4 Å². The van der Waals surface area contributed by atoms with Crippen LogP contribution in [0, 0.1) is 17.7 Å². The van der Waals surface area contributed by atoms with Crippen LogP contribution in [-0.2, 0) is 19.6 Å². The van der Waals surface area contributed by atoms with Gasteiger partial charge >= 0.3 is 0 Å². The first-order chi connectivity index (χ1) is 16.2. The fourth-order valence-electron chi connectivity index (χ4n) is 3.93. The summed E-state index contributed by atoms with van der Waals surface area (Å²) < 4.78 is 40.2. The molecule has 4 N–H and O–H groups in total. The van der Waals surface area contributed by atoms with Gasteiger partial charge in [0.25, 0.3) is 0 Å². The van der Waals surface area contributed by atoms with E-state index in [9.17, 15) is 27.5 Å². The summed E-state index contributed by atoms with van der Waals surface area (Å²) in [5, 5.41) is 15.3.